The Morgan fingerprint density at radius 2 is 1.24 bits per heavy atom. The molecular weight excluding hydrogens is 396 g/mol. The van der Waals surface area contributed by atoms with Crippen LogP contribution >= 0.6 is 0 Å². The molecule has 0 aromatic carbocycles. The lowest BCUT2D eigenvalue weighted by molar-refractivity contribution is -0.306. The van der Waals surface area contributed by atoms with Crippen LogP contribution in [0.2, 0.25) is 0 Å². The fraction of sp³-hybridized carbons (Fsp3) is 0.706. The number of ether oxygens (including phenoxy) is 6. The number of carbonyl (C=O) groups is 5. The van der Waals surface area contributed by atoms with Crippen molar-refractivity contribution in [2.24, 2.45) is 0 Å². The topological polar surface area (TPSA) is 161 Å². The van der Waals surface area contributed by atoms with Crippen LogP contribution in [0.1, 0.15) is 34.6 Å². The molecule has 0 bridgehead atoms. The summed E-state index contributed by atoms with van der Waals surface area (Å²) < 4.78 is 30.5. The molecule has 1 fully saturated rings. The number of aliphatic hydroxyl groups is 1. The maximum atomic E-state index is 11.6. The van der Waals surface area contributed by atoms with Gasteiger partial charge in [-0.05, 0) is 0 Å². The molecule has 1 N–H and O–H groups in total. The van der Waals surface area contributed by atoms with Crippen LogP contribution in [-0.2, 0) is 52.4 Å². The molecular formula is C17H24O12. The number of carbonyl (C=O) groups excluding carboxylic acids is 5. The summed E-state index contributed by atoms with van der Waals surface area (Å²) >= 11 is 0. The van der Waals surface area contributed by atoms with Crippen LogP contribution in [0.5, 0.6) is 0 Å². The average Bonchev–Trinajstić information content (AvgIpc) is 2.55. The zero-order valence-electron chi connectivity index (χ0n) is 16.6. The Balaban J connectivity index is 3.34. The van der Waals surface area contributed by atoms with Crippen LogP contribution in [-0.4, -0.2) is 78.4 Å². The molecule has 0 aromatic rings. The lowest BCUT2D eigenvalue weighted by atomic mass is 9.94. The smallest absolute Gasteiger partial charge is 0.303 e. The van der Waals surface area contributed by atoms with Crippen molar-refractivity contribution in [3.63, 3.8) is 0 Å². The van der Waals surface area contributed by atoms with Crippen molar-refractivity contribution in [1.82, 2.24) is 0 Å². The monoisotopic (exact) mass is 420 g/mol. The summed E-state index contributed by atoms with van der Waals surface area (Å²) in [6, 6.07) is 0. The third-order valence-corrected chi connectivity index (χ3v) is 3.59. The van der Waals surface area contributed by atoms with Crippen LogP contribution < -0.4 is 0 Å². The fourth-order valence-corrected chi connectivity index (χ4v) is 2.73. The van der Waals surface area contributed by atoms with Crippen molar-refractivity contribution in [1.29, 1.82) is 0 Å². The predicted octanol–water partition coefficient (Wildman–Crippen LogP) is -1.01. The molecule has 0 saturated carbocycles. The summed E-state index contributed by atoms with van der Waals surface area (Å²) in [5.41, 5.74) is 0. The zero-order valence-corrected chi connectivity index (χ0v) is 16.6. The molecule has 0 aromatic heterocycles. The molecule has 1 aliphatic heterocycles. The SMILES string of the molecule is CC(=O)OC[C@H](OC(C)=O)[C@H]1O[C@@H](O)[C@@H](OC(C)=O)[C@@H](OC(C)=O)[C@H]1OC(C)=O. The lowest BCUT2D eigenvalue weighted by Crippen LogP contribution is -2.64. The molecule has 0 radical (unpaired) electrons. The first-order chi connectivity index (χ1) is 13.4. The highest BCUT2D eigenvalue weighted by atomic mass is 16.7. The minimum Gasteiger partial charge on any atom is -0.462 e. The molecule has 0 unspecified atom stereocenters. The van der Waals surface area contributed by atoms with Gasteiger partial charge in [0.2, 0.25) is 0 Å². The van der Waals surface area contributed by atoms with Crippen LogP contribution in [0.15, 0.2) is 0 Å². The van der Waals surface area contributed by atoms with Crippen LogP contribution in [0.3, 0.4) is 0 Å². The summed E-state index contributed by atoms with van der Waals surface area (Å²) in [5, 5.41) is 10.3. The molecule has 12 heteroatoms. The first-order valence-electron chi connectivity index (χ1n) is 8.58. The average molecular weight is 420 g/mol. The number of esters is 5. The van der Waals surface area contributed by atoms with Gasteiger partial charge in [-0.2, -0.15) is 0 Å². The van der Waals surface area contributed by atoms with Crippen molar-refractivity contribution >= 4 is 29.8 Å². The summed E-state index contributed by atoms with van der Waals surface area (Å²) in [4.78, 5) is 57.2. The molecule has 1 aliphatic rings. The molecule has 1 saturated heterocycles. The van der Waals surface area contributed by atoms with Gasteiger partial charge in [-0.1, -0.05) is 0 Å². The Labute approximate surface area is 166 Å². The number of rotatable bonds is 7. The molecule has 0 aliphatic carbocycles. The lowest BCUT2D eigenvalue weighted by Gasteiger charge is -2.44. The standard InChI is InChI=1S/C17H24O12/c1-7(18)24-6-12(25-8(2)19)13-14(26-9(3)20)15(27-10(4)21)16(17(23)29-13)28-11(5)22/h12-17,23H,6H2,1-5H3/t12-,13+,14-,15-,16-,17+/m0/s1. The van der Waals surface area contributed by atoms with Gasteiger partial charge in [-0.15, -0.1) is 0 Å². The Hall–Kier alpha value is -2.73. The van der Waals surface area contributed by atoms with E-state index in [9.17, 15) is 29.1 Å². The highest BCUT2D eigenvalue weighted by molar-refractivity contribution is 5.69. The van der Waals surface area contributed by atoms with Crippen LogP contribution in [0.4, 0.5) is 0 Å². The number of aliphatic hydroxyl groups excluding tert-OH is 1. The second-order valence-electron chi connectivity index (χ2n) is 6.16. The normalized spacial score (nSPS) is 27.2. The van der Waals surface area contributed by atoms with Gasteiger partial charge in [-0.3, -0.25) is 24.0 Å². The third-order valence-electron chi connectivity index (χ3n) is 3.59. The van der Waals surface area contributed by atoms with E-state index in [4.69, 9.17) is 28.4 Å². The van der Waals surface area contributed by atoms with Crippen LogP contribution in [0, 0.1) is 0 Å². The molecule has 12 nitrogen and oxygen atoms in total. The van der Waals surface area contributed by atoms with E-state index >= 15 is 0 Å². The largest absolute Gasteiger partial charge is 0.462 e. The van der Waals surface area contributed by atoms with Gasteiger partial charge in [0.1, 0.15) is 12.7 Å². The maximum absolute atomic E-state index is 11.6. The number of hydrogen-bond acceptors (Lipinski definition) is 12. The first kappa shape index (κ1) is 24.3. The minimum absolute atomic E-state index is 0.505. The van der Waals surface area contributed by atoms with Gasteiger partial charge >= 0.3 is 29.8 Å². The molecule has 164 valence electrons. The Morgan fingerprint density at radius 3 is 1.69 bits per heavy atom. The highest BCUT2D eigenvalue weighted by Gasteiger charge is 2.54. The summed E-state index contributed by atoms with van der Waals surface area (Å²) in [5.74, 6) is -3.97. The van der Waals surface area contributed by atoms with Gasteiger partial charge in [0.05, 0.1) is 0 Å². The molecule has 6 atom stereocenters. The highest BCUT2D eigenvalue weighted by Crippen LogP contribution is 2.30. The molecule has 0 spiro atoms. The fourth-order valence-electron chi connectivity index (χ4n) is 2.73. The van der Waals surface area contributed by atoms with Gasteiger partial charge in [-0.25, -0.2) is 0 Å². The van der Waals surface area contributed by atoms with Gasteiger partial charge < -0.3 is 33.5 Å². The summed E-state index contributed by atoms with van der Waals surface area (Å²) in [7, 11) is 0. The van der Waals surface area contributed by atoms with E-state index in [0.29, 0.717) is 0 Å². The Kier molecular flexibility index (Phi) is 8.98. The van der Waals surface area contributed by atoms with Crippen molar-refractivity contribution in [2.45, 2.75) is 71.4 Å². The van der Waals surface area contributed by atoms with E-state index < -0.39 is 73.3 Å². The molecule has 29 heavy (non-hydrogen) atoms. The second kappa shape index (κ2) is 10.7. The Bertz CT molecular complexity index is 644. The van der Waals surface area contributed by atoms with Crippen molar-refractivity contribution < 1.29 is 57.5 Å². The van der Waals surface area contributed by atoms with E-state index in [1.54, 1.807) is 0 Å². The molecule has 1 heterocycles. The zero-order chi connectivity index (χ0) is 22.3. The molecule has 0 amide bonds. The van der Waals surface area contributed by atoms with Gasteiger partial charge in [0.15, 0.2) is 30.7 Å². The van der Waals surface area contributed by atoms with E-state index in [0.717, 1.165) is 34.6 Å². The van der Waals surface area contributed by atoms with Gasteiger partial charge in [0.25, 0.3) is 0 Å². The summed E-state index contributed by atoms with van der Waals surface area (Å²) in [6.07, 6.45) is -9.10. The van der Waals surface area contributed by atoms with E-state index in [2.05, 4.69) is 0 Å². The second-order valence-corrected chi connectivity index (χ2v) is 6.16. The van der Waals surface area contributed by atoms with E-state index in [1.165, 1.54) is 0 Å². The third kappa shape index (κ3) is 7.66. The van der Waals surface area contributed by atoms with Crippen molar-refractivity contribution in [3.05, 3.63) is 0 Å². The number of hydrogen-bond donors (Lipinski definition) is 1. The van der Waals surface area contributed by atoms with E-state index in [1.807, 2.05) is 0 Å². The van der Waals surface area contributed by atoms with Crippen LogP contribution in [0.25, 0.3) is 0 Å². The van der Waals surface area contributed by atoms with Crippen molar-refractivity contribution in [2.75, 3.05) is 6.61 Å². The first-order valence-corrected chi connectivity index (χ1v) is 8.58. The Morgan fingerprint density at radius 1 is 0.759 bits per heavy atom. The minimum atomic E-state index is -1.84. The molecule has 1 rings (SSSR count). The maximum Gasteiger partial charge on any atom is 0.303 e. The van der Waals surface area contributed by atoms with E-state index in [-0.39, 0.29) is 0 Å². The van der Waals surface area contributed by atoms with Gasteiger partial charge in [0, 0.05) is 34.6 Å². The predicted molar refractivity (Wildman–Crippen MR) is 89.7 cm³/mol. The van der Waals surface area contributed by atoms with Crippen molar-refractivity contribution in [3.8, 4) is 0 Å². The quantitative estimate of drug-likeness (QED) is 0.395. The summed E-state index contributed by atoms with van der Waals surface area (Å²) in [6.45, 7) is 4.84.